The lowest BCUT2D eigenvalue weighted by atomic mass is 10.2. The molecule has 106 valence electrons. The number of ether oxygens (including phenoxy) is 1. The molecule has 0 aliphatic heterocycles. The Morgan fingerprint density at radius 2 is 1.86 bits per heavy atom. The second-order valence-corrected chi connectivity index (χ2v) is 4.71. The number of aryl methyl sites for hydroxylation is 1. The molecule has 0 radical (unpaired) electrons. The van der Waals surface area contributed by atoms with Crippen molar-refractivity contribution in [1.82, 2.24) is 15.0 Å². The zero-order chi connectivity index (χ0) is 14.7. The van der Waals surface area contributed by atoms with E-state index in [1.54, 1.807) is 13.3 Å². The second kappa shape index (κ2) is 5.75. The molecule has 21 heavy (non-hydrogen) atoms. The van der Waals surface area contributed by atoms with Crippen molar-refractivity contribution in [3.05, 3.63) is 53.9 Å². The minimum Gasteiger partial charge on any atom is -0.481 e. The van der Waals surface area contributed by atoms with Gasteiger partial charge < -0.3 is 10.1 Å². The number of hydrogen-bond donors (Lipinski definition) is 1. The largest absolute Gasteiger partial charge is 0.481 e. The summed E-state index contributed by atoms with van der Waals surface area (Å²) in [5, 5.41) is 3.32. The molecule has 5 nitrogen and oxygen atoms in total. The number of aromatic nitrogens is 3. The summed E-state index contributed by atoms with van der Waals surface area (Å²) in [6.45, 7) is 2.60. The fourth-order valence-corrected chi connectivity index (χ4v) is 2.11. The van der Waals surface area contributed by atoms with E-state index in [0.717, 1.165) is 28.1 Å². The van der Waals surface area contributed by atoms with Crippen molar-refractivity contribution in [3.63, 3.8) is 0 Å². The Bertz CT molecular complexity index is 773. The monoisotopic (exact) mass is 280 g/mol. The minimum absolute atomic E-state index is 0.607. The van der Waals surface area contributed by atoms with Crippen molar-refractivity contribution < 1.29 is 4.74 Å². The van der Waals surface area contributed by atoms with E-state index in [1.807, 2.05) is 43.3 Å². The van der Waals surface area contributed by atoms with Crippen molar-refractivity contribution in [2.24, 2.45) is 0 Å². The summed E-state index contributed by atoms with van der Waals surface area (Å²) in [5.41, 5.74) is 3.76. The van der Waals surface area contributed by atoms with E-state index in [0.29, 0.717) is 12.4 Å². The van der Waals surface area contributed by atoms with E-state index in [-0.39, 0.29) is 0 Å². The molecule has 3 rings (SSSR count). The molecule has 0 aliphatic carbocycles. The number of anilines is 1. The van der Waals surface area contributed by atoms with Crippen LogP contribution in [0.1, 0.15) is 11.3 Å². The van der Waals surface area contributed by atoms with Crippen LogP contribution in [-0.2, 0) is 6.54 Å². The van der Waals surface area contributed by atoms with Crippen LogP contribution in [0.4, 0.5) is 5.82 Å². The van der Waals surface area contributed by atoms with Gasteiger partial charge in [0.15, 0.2) is 0 Å². The first-order valence-electron chi connectivity index (χ1n) is 6.72. The average Bonchev–Trinajstić information content (AvgIpc) is 2.53. The molecule has 0 amide bonds. The van der Waals surface area contributed by atoms with Crippen LogP contribution in [0.2, 0.25) is 0 Å². The highest BCUT2D eigenvalue weighted by Gasteiger charge is 2.05. The normalized spacial score (nSPS) is 10.6. The summed E-state index contributed by atoms with van der Waals surface area (Å²) < 4.78 is 5.12. The Morgan fingerprint density at radius 3 is 2.62 bits per heavy atom. The van der Waals surface area contributed by atoms with E-state index in [2.05, 4.69) is 20.3 Å². The van der Waals surface area contributed by atoms with Crippen molar-refractivity contribution in [2.75, 3.05) is 12.4 Å². The van der Waals surface area contributed by atoms with E-state index in [1.165, 1.54) is 0 Å². The second-order valence-electron chi connectivity index (χ2n) is 4.71. The number of methoxy groups -OCH3 is 1. The third-order valence-corrected chi connectivity index (χ3v) is 3.21. The first kappa shape index (κ1) is 13.3. The Kier molecular flexibility index (Phi) is 3.64. The van der Waals surface area contributed by atoms with Crippen LogP contribution >= 0.6 is 0 Å². The molecule has 1 aromatic carbocycles. The van der Waals surface area contributed by atoms with Gasteiger partial charge in [-0.05, 0) is 30.7 Å². The number of hydrogen-bond acceptors (Lipinski definition) is 5. The quantitative estimate of drug-likeness (QED) is 0.796. The molecular weight excluding hydrogens is 264 g/mol. The molecule has 1 N–H and O–H groups in total. The molecule has 0 bridgehead atoms. The molecule has 3 aromatic rings. The zero-order valence-electron chi connectivity index (χ0n) is 12.0. The number of para-hydroxylation sites is 2. The molecule has 2 aromatic heterocycles. The third kappa shape index (κ3) is 2.91. The average molecular weight is 280 g/mol. The maximum absolute atomic E-state index is 5.12. The lowest BCUT2D eigenvalue weighted by Crippen LogP contribution is -2.05. The van der Waals surface area contributed by atoms with E-state index < -0.39 is 0 Å². The highest BCUT2D eigenvalue weighted by atomic mass is 16.5. The molecule has 0 fully saturated rings. The van der Waals surface area contributed by atoms with Gasteiger partial charge >= 0.3 is 0 Å². The Hall–Kier alpha value is -2.69. The van der Waals surface area contributed by atoms with Gasteiger partial charge in [0.05, 0.1) is 23.8 Å². The van der Waals surface area contributed by atoms with Crippen molar-refractivity contribution in [1.29, 1.82) is 0 Å². The molecule has 0 atom stereocenters. The first-order chi connectivity index (χ1) is 10.3. The van der Waals surface area contributed by atoms with Gasteiger partial charge in [-0.15, -0.1) is 0 Å². The van der Waals surface area contributed by atoms with Crippen LogP contribution in [0.5, 0.6) is 5.88 Å². The number of rotatable bonds is 4. The highest BCUT2D eigenvalue weighted by molar-refractivity contribution is 5.76. The van der Waals surface area contributed by atoms with Gasteiger partial charge in [0, 0.05) is 18.8 Å². The summed E-state index contributed by atoms with van der Waals surface area (Å²) >= 11 is 0. The lowest BCUT2D eigenvalue weighted by molar-refractivity contribution is 0.397. The van der Waals surface area contributed by atoms with Crippen LogP contribution in [0, 0.1) is 6.92 Å². The SMILES string of the molecule is COc1cc(CNc2nc3ccccc3nc2C)ccn1. The molecule has 5 heteroatoms. The zero-order valence-corrected chi connectivity index (χ0v) is 12.0. The van der Waals surface area contributed by atoms with E-state index in [4.69, 9.17) is 4.74 Å². The molecular formula is C16H16N4O. The number of nitrogens with zero attached hydrogens (tertiary/aromatic N) is 3. The van der Waals surface area contributed by atoms with Gasteiger partial charge in [-0.2, -0.15) is 0 Å². The Balaban J connectivity index is 1.82. The summed E-state index contributed by atoms with van der Waals surface area (Å²) in [6.07, 6.45) is 1.73. The van der Waals surface area contributed by atoms with Gasteiger partial charge in [0.2, 0.25) is 5.88 Å². The summed E-state index contributed by atoms with van der Waals surface area (Å²) in [4.78, 5) is 13.3. The molecule has 0 unspecified atom stereocenters. The fourth-order valence-electron chi connectivity index (χ4n) is 2.11. The van der Waals surface area contributed by atoms with Crippen molar-refractivity contribution in [2.45, 2.75) is 13.5 Å². The predicted octanol–water partition coefficient (Wildman–Crippen LogP) is 2.95. The van der Waals surface area contributed by atoms with Crippen LogP contribution in [0.25, 0.3) is 11.0 Å². The number of pyridine rings is 1. The standard InChI is InChI=1S/C16H16N4O/c1-11-16(20-14-6-4-3-5-13(14)19-11)18-10-12-7-8-17-15(9-12)21-2/h3-9H,10H2,1-2H3,(H,18,20). The van der Waals surface area contributed by atoms with Gasteiger partial charge in [0.25, 0.3) is 0 Å². The molecule has 0 spiro atoms. The first-order valence-corrected chi connectivity index (χ1v) is 6.72. The molecule has 0 saturated heterocycles. The maximum Gasteiger partial charge on any atom is 0.213 e. The van der Waals surface area contributed by atoms with Gasteiger partial charge in [-0.1, -0.05) is 12.1 Å². The topological polar surface area (TPSA) is 59.9 Å². The highest BCUT2D eigenvalue weighted by Crippen LogP contribution is 2.17. The van der Waals surface area contributed by atoms with Crippen molar-refractivity contribution >= 4 is 16.9 Å². The smallest absolute Gasteiger partial charge is 0.213 e. The Labute approximate surface area is 123 Å². The van der Waals surface area contributed by atoms with E-state index in [9.17, 15) is 0 Å². The number of fused-ring (bicyclic) bond motifs is 1. The molecule has 2 heterocycles. The number of nitrogens with one attached hydrogen (secondary N) is 1. The maximum atomic E-state index is 5.12. The Morgan fingerprint density at radius 1 is 1.10 bits per heavy atom. The van der Waals surface area contributed by atoms with Crippen molar-refractivity contribution in [3.8, 4) is 5.88 Å². The summed E-state index contributed by atoms with van der Waals surface area (Å²) in [7, 11) is 1.61. The molecule has 0 aliphatic rings. The minimum atomic E-state index is 0.607. The van der Waals surface area contributed by atoms with Crippen LogP contribution in [0.15, 0.2) is 42.6 Å². The fraction of sp³-hybridized carbons (Fsp3) is 0.188. The van der Waals surface area contributed by atoms with Crippen LogP contribution in [0.3, 0.4) is 0 Å². The summed E-state index contributed by atoms with van der Waals surface area (Å²) in [6, 6.07) is 11.7. The van der Waals surface area contributed by atoms with E-state index >= 15 is 0 Å². The number of benzene rings is 1. The predicted molar refractivity (Wildman–Crippen MR) is 82.4 cm³/mol. The lowest BCUT2D eigenvalue weighted by Gasteiger charge is -2.10. The molecule has 0 saturated carbocycles. The van der Waals surface area contributed by atoms with Crippen LogP contribution in [-0.4, -0.2) is 22.1 Å². The van der Waals surface area contributed by atoms with Gasteiger partial charge in [-0.3, -0.25) is 0 Å². The van der Waals surface area contributed by atoms with Gasteiger partial charge in [0.1, 0.15) is 5.82 Å². The van der Waals surface area contributed by atoms with Crippen LogP contribution < -0.4 is 10.1 Å². The summed E-state index contributed by atoms with van der Waals surface area (Å²) in [5.74, 6) is 1.40. The van der Waals surface area contributed by atoms with Gasteiger partial charge in [-0.25, -0.2) is 15.0 Å². The third-order valence-electron chi connectivity index (χ3n) is 3.21.